The van der Waals surface area contributed by atoms with Crippen molar-refractivity contribution in [2.75, 3.05) is 13.7 Å². The maximum absolute atomic E-state index is 13.1. The Balaban J connectivity index is 0. The smallest absolute Gasteiger partial charge is 0.226 e. The molecule has 5 nitrogen and oxygen atoms in total. The lowest BCUT2D eigenvalue weighted by Gasteiger charge is -2.38. The second-order valence-corrected chi connectivity index (χ2v) is 11.9. The van der Waals surface area contributed by atoms with Crippen molar-refractivity contribution in [3.8, 4) is 0 Å². The zero-order valence-electron chi connectivity index (χ0n) is 23.2. The van der Waals surface area contributed by atoms with E-state index >= 15 is 0 Å². The molecule has 1 unspecified atom stereocenters. The number of Topliss-reactive ketones (excluding diaryl/α,β-unsaturated/α-hetero) is 1. The standard InChI is InChI=1S/C24H48N2O3.C2H6/c1-17(2)19(27)18(25-12)15-22(6,7)16-23(8,9)20(28)26-24(10,11)13-14-29-21(3,4)5;1-2/h17-18,25H,13-16H2,1-12H3,(H,26,28);1-2H3. The summed E-state index contributed by atoms with van der Waals surface area (Å²) < 4.78 is 5.82. The number of hydrogen-bond acceptors (Lipinski definition) is 4. The lowest BCUT2D eigenvalue weighted by Crippen LogP contribution is -2.51. The fraction of sp³-hybridized carbons (Fsp3) is 0.923. The Morgan fingerprint density at radius 1 is 0.903 bits per heavy atom. The zero-order chi connectivity index (χ0) is 25.3. The predicted molar refractivity (Wildman–Crippen MR) is 133 cm³/mol. The normalized spacial score (nSPS) is 14.0. The highest BCUT2D eigenvalue weighted by Crippen LogP contribution is 2.38. The number of nitrogens with one attached hydrogen (secondary N) is 2. The Labute approximate surface area is 193 Å². The first-order valence-corrected chi connectivity index (χ1v) is 12.0. The first kappa shape index (κ1) is 32.2. The van der Waals surface area contributed by atoms with Crippen LogP contribution in [0.25, 0.3) is 0 Å². The number of carbonyl (C=O) groups is 2. The van der Waals surface area contributed by atoms with Crippen LogP contribution in [0.2, 0.25) is 0 Å². The van der Waals surface area contributed by atoms with Crippen LogP contribution in [-0.2, 0) is 14.3 Å². The minimum Gasteiger partial charge on any atom is -0.376 e. The van der Waals surface area contributed by atoms with E-state index in [0.29, 0.717) is 19.4 Å². The van der Waals surface area contributed by atoms with Gasteiger partial charge in [-0.2, -0.15) is 0 Å². The molecule has 0 aromatic rings. The third kappa shape index (κ3) is 13.9. The fourth-order valence-electron chi connectivity index (χ4n) is 3.80. The predicted octanol–water partition coefficient (Wildman–Crippen LogP) is 5.76. The van der Waals surface area contributed by atoms with Crippen molar-refractivity contribution in [1.29, 1.82) is 0 Å². The second-order valence-electron chi connectivity index (χ2n) is 11.9. The molecule has 31 heavy (non-hydrogen) atoms. The van der Waals surface area contributed by atoms with E-state index in [9.17, 15) is 9.59 Å². The lowest BCUT2D eigenvalue weighted by atomic mass is 9.70. The first-order valence-electron chi connectivity index (χ1n) is 12.0. The quantitative estimate of drug-likeness (QED) is 0.403. The molecule has 0 rings (SSSR count). The van der Waals surface area contributed by atoms with Crippen molar-refractivity contribution in [3.63, 3.8) is 0 Å². The molecular formula is C26H54N2O3. The maximum atomic E-state index is 13.1. The summed E-state index contributed by atoms with van der Waals surface area (Å²) in [5, 5.41) is 6.38. The van der Waals surface area contributed by atoms with E-state index in [1.165, 1.54) is 0 Å². The average Bonchev–Trinajstić information content (AvgIpc) is 2.57. The first-order chi connectivity index (χ1) is 13.8. The average molecular weight is 443 g/mol. The van der Waals surface area contributed by atoms with Gasteiger partial charge in [-0.15, -0.1) is 0 Å². The van der Waals surface area contributed by atoms with Crippen LogP contribution in [0.1, 0.15) is 109 Å². The molecule has 0 radical (unpaired) electrons. The molecule has 2 N–H and O–H groups in total. The van der Waals surface area contributed by atoms with E-state index < -0.39 is 5.41 Å². The summed E-state index contributed by atoms with van der Waals surface area (Å²) in [6.07, 6.45) is 2.16. The van der Waals surface area contributed by atoms with Gasteiger partial charge < -0.3 is 15.4 Å². The molecule has 0 heterocycles. The number of rotatable bonds is 12. The number of ketones is 1. The topological polar surface area (TPSA) is 67.4 Å². The van der Waals surface area contributed by atoms with E-state index in [-0.39, 0.29) is 40.2 Å². The highest BCUT2D eigenvalue weighted by molar-refractivity contribution is 5.85. The van der Waals surface area contributed by atoms with E-state index in [4.69, 9.17) is 4.74 Å². The van der Waals surface area contributed by atoms with Gasteiger partial charge in [-0.25, -0.2) is 0 Å². The van der Waals surface area contributed by atoms with Crippen LogP contribution in [0.4, 0.5) is 0 Å². The third-order valence-electron chi connectivity index (χ3n) is 5.27. The molecule has 0 aliphatic heterocycles. The van der Waals surface area contributed by atoms with Crippen LogP contribution in [0, 0.1) is 16.7 Å². The van der Waals surface area contributed by atoms with Gasteiger partial charge in [-0.1, -0.05) is 55.4 Å². The van der Waals surface area contributed by atoms with Gasteiger partial charge in [-0.3, -0.25) is 9.59 Å². The Bertz CT molecular complexity index is 543. The molecule has 0 aliphatic carbocycles. The molecule has 186 valence electrons. The minimum atomic E-state index is -0.537. The van der Waals surface area contributed by atoms with E-state index in [0.717, 1.165) is 6.42 Å². The molecule has 5 heteroatoms. The van der Waals surface area contributed by atoms with Gasteiger partial charge in [-0.05, 0) is 66.3 Å². The van der Waals surface area contributed by atoms with E-state index in [1.54, 1.807) is 0 Å². The van der Waals surface area contributed by atoms with Gasteiger partial charge in [0.05, 0.1) is 11.6 Å². The van der Waals surface area contributed by atoms with Crippen LogP contribution >= 0.6 is 0 Å². The summed E-state index contributed by atoms with van der Waals surface area (Å²) in [5.41, 5.74) is -1.21. The van der Waals surface area contributed by atoms with Gasteiger partial charge in [0, 0.05) is 23.5 Å². The largest absolute Gasteiger partial charge is 0.376 e. The van der Waals surface area contributed by atoms with Crippen LogP contribution in [0.15, 0.2) is 0 Å². The number of hydrogen-bond donors (Lipinski definition) is 2. The SMILES string of the molecule is CC.CNC(CC(C)(C)CC(C)(C)C(=O)NC(C)(C)CCOC(C)(C)C)C(=O)C(C)C. The van der Waals surface area contributed by atoms with Crippen LogP contribution < -0.4 is 10.6 Å². The third-order valence-corrected chi connectivity index (χ3v) is 5.27. The molecule has 1 amide bonds. The van der Waals surface area contributed by atoms with Gasteiger partial charge in [0.15, 0.2) is 5.78 Å². The number of carbonyl (C=O) groups excluding carboxylic acids is 2. The van der Waals surface area contributed by atoms with Crippen molar-refractivity contribution in [2.45, 2.75) is 126 Å². The maximum Gasteiger partial charge on any atom is 0.226 e. The van der Waals surface area contributed by atoms with Gasteiger partial charge >= 0.3 is 0 Å². The molecule has 0 saturated carbocycles. The Morgan fingerprint density at radius 3 is 1.77 bits per heavy atom. The molecule has 0 fully saturated rings. The molecule has 0 aromatic heterocycles. The van der Waals surface area contributed by atoms with Gasteiger partial charge in [0.25, 0.3) is 0 Å². The van der Waals surface area contributed by atoms with Crippen molar-refractivity contribution in [2.24, 2.45) is 16.7 Å². The van der Waals surface area contributed by atoms with E-state index in [2.05, 4.69) is 24.5 Å². The zero-order valence-corrected chi connectivity index (χ0v) is 23.2. The second kappa shape index (κ2) is 12.9. The summed E-state index contributed by atoms with van der Waals surface area (Å²) in [6.45, 7) is 26.9. The molecule has 1 atom stereocenters. The Morgan fingerprint density at radius 2 is 1.39 bits per heavy atom. The van der Waals surface area contributed by atoms with Crippen LogP contribution in [0.5, 0.6) is 0 Å². The van der Waals surface area contributed by atoms with Crippen molar-refractivity contribution >= 4 is 11.7 Å². The molecule has 0 saturated heterocycles. The van der Waals surface area contributed by atoms with Crippen molar-refractivity contribution < 1.29 is 14.3 Å². The van der Waals surface area contributed by atoms with Crippen molar-refractivity contribution in [3.05, 3.63) is 0 Å². The van der Waals surface area contributed by atoms with Crippen molar-refractivity contribution in [1.82, 2.24) is 10.6 Å². The Kier molecular flexibility index (Phi) is 13.5. The lowest BCUT2D eigenvalue weighted by molar-refractivity contribution is -0.133. The molecule has 0 aromatic carbocycles. The highest BCUT2D eigenvalue weighted by atomic mass is 16.5. The number of likely N-dealkylation sites (N-methyl/N-ethyl adjacent to an activating group) is 1. The molecule has 0 aliphatic rings. The summed E-state index contributed by atoms with van der Waals surface area (Å²) in [7, 11) is 1.83. The van der Waals surface area contributed by atoms with Gasteiger partial charge in [0.1, 0.15) is 0 Å². The number of ether oxygens (including phenoxy) is 1. The fourth-order valence-corrected chi connectivity index (χ4v) is 3.80. The van der Waals surface area contributed by atoms with Crippen LogP contribution in [0.3, 0.4) is 0 Å². The molecular weight excluding hydrogens is 388 g/mol. The minimum absolute atomic E-state index is 0.00400. The molecule has 0 bridgehead atoms. The highest BCUT2D eigenvalue weighted by Gasteiger charge is 2.38. The summed E-state index contributed by atoms with van der Waals surface area (Å²) in [5.74, 6) is 0.265. The van der Waals surface area contributed by atoms with E-state index in [1.807, 2.05) is 83.2 Å². The van der Waals surface area contributed by atoms with Crippen LogP contribution in [-0.4, -0.2) is 42.5 Å². The van der Waals surface area contributed by atoms with Gasteiger partial charge in [0.2, 0.25) is 5.91 Å². The number of amides is 1. The monoisotopic (exact) mass is 442 g/mol. The molecule has 0 spiro atoms. The summed E-state index contributed by atoms with van der Waals surface area (Å²) >= 11 is 0. The summed E-state index contributed by atoms with van der Waals surface area (Å²) in [6, 6.07) is -0.185. The Hall–Kier alpha value is -0.940. The summed E-state index contributed by atoms with van der Waals surface area (Å²) in [4.78, 5) is 25.5.